The van der Waals surface area contributed by atoms with E-state index in [1.165, 1.54) is 14.2 Å². The molecule has 0 fully saturated rings. The molecule has 0 saturated carbocycles. The first-order chi connectivity index (χ1) is 9.20. The van der Waals surface area contributed by atoms with Crippen molar-refractivity contribution in [2.24, 2.45) is 0 Å². The molecule has 0 rings (SSSR count). The van der Waals surface area contributed by atoms with Crippen LogP contribution in [0.4, 0.5) is 0 Å². The van der Waals surface area contributed by atoms with Crippen LogP contribution in [0, 0.1) is 0 Å². The van der Waals surface area contributed by atoms with E-state index in [1.807, 2.05) is 0 Å². The summed E-state index contributed by atoms with van der Waals surface area (Å²) in [7, 11) is 3.07. The molecule has 0 bridgehead atoms. The molecular formula is C10H18O8Pb+2. The van der Waals surface area contributed by atoms with Gasteiger partial charge in [-0.3, -0.25) is 0 Å². The molecule has 0 amide bonds. The first-order valence-corrected chi connectivity index (χ1v) is 8.65. The molecule has 0 N–H and O–H groups in total. The van der Waals surface area contributed by atoms with Gasteiger partial charge in [-0.15, -0.1) is 0 Å². The van der Waals surface area contributed by atoms with Gasteiger partial charge < -0.3 is 0 Å². The van der Waals surface area contributed by atoms with Crippen LogP contribution in [0.5, 0.6) is 0 Å². The Labute approximate surface area is 125 Å². The number of carbonyl (C=O) groups is 2. The van der Waals surface area contributed by atoms with E-state index in [4.69, 9.17) is 24.3 Å². The Morgan fingerprint density at radius 2 is 1.21 bits per heavy atom. The van der Waals surface area contributed by atoms with E-state index in [2.05, 4.69) is 0 Å². The van der Waals surface area contributed by atoms with Crippen molar-refractivity contribution < 1.29 is 33.9 Å². The summed E-state index contributed by atoms with van der Waals surface area (Å²) in [5.74, 6) is -1.07. The van der Waals surface area contributed by atoms with Crippen LogP contribution < -0.4 is 0 Å². The standard InChI is InChI=1S/2C5H10O4.Pb/c2*1-8-2-3-9-4-5(6)7;/h2*2-4H2,1H3,(H,6,7);/q;;+4/p-2. The summed E-state index contributed by atoms with van der Waals surface area (Å²) in [6.07, 6.45) is 0. The molecule has 0 spiro atoms. The van der Waals surface area contributed by atoms with Gasteiger partial charge in [-0.1, -0.05) is 0 Å². The van der Waals surface area contributed by atoms with Crippen molar-refractivity contribution in [3.8, 4) is 0 Å². The van der Waals surface area contributed by atoms with Gasteiger partial charge in [0.2, 0.25) is 0 Å². The van der Waals surface area contributed by atoms with Gasteiger partial charge in [-0.25, -0.2) is 0 Å². The second-order valence-corrected chi connectivity index (χ2v) is 5.36. The summed E-state index contributed by atoms with van der Waals surface area (Å²) in [6.45, 7) is 1.10. The molecule has 0 aliphatic carbocycles. The second-order valence-electron chi connectivity index (χ2n) is 3.12. The average molecular weight is 473 g/mol. The second kappa shape index (κ2) is 14.1. The van der Waals surface area contributed by atoms with E-state index in [1.54, 1.807) is 0 Å². The number of hydrogen-bond donors (Lipinski definition) is 0. The summed E-state index contributed by atoms with van der Waals surface area (Å²) < 4.78 is 28.9. The Bertz CT molecular complexity index is 224. The fourth-order valence-electron chi connectivity index (χ4n) is 0.768. The van der Waals surface area contributed by atoms with Gasteiger partial charge in [0.25, 0.3) is 0 Å². The number of ether oxygens (including phenoxy) is 4. The molecule has 0 heterocycles. The van der Waals surface area contributed by atoms with Crippen LogP contribution in [0.3, 0.4) is 0 Å². The first kappa shape index (κ1) is 18.7. The van der Waals surface area contributed by atoms with E-state index in [9.17, 15) is 9.59 Å². The van der Waals surface area contributed by atoms with Gasteiger partial charge in [0.15, 0.2) is 0 Å². The van der Waals surface area contributed by atoms with Crippen LogP contribution >= 0.6 is 0 Å². The number of hydrogen-bond acceptors (Lipinski definition) is 8. The molecule has 0 aliphatic heterocycles. The van der Waals surface area contributed by atoms with Crippen LogP contribution in [0.25, 0.3) is 0 Å². The summed E-state index contributed by atoms with van der Waals surface area (Å²) >= 11 is -2.17. The Hall–Kier alpha value is -0.298. The SMILES string of the molecule is COCCOCC(=O)[O][Pb+2][O]C(=O)COCCOC. The van der Waals surface area contributed by atoms with Gasteiger partial charge in [-0.05, 0) is 0 Å². The summed E-state index contributed by atoms with van der Waals surface area (Å²) in [6, 6.07) is 0. The molecule has 0 aromatic rings. The van der Waals surface area contributed by atoms with Crippen molar-refractivity contribution >= 4 is 37.1 Å². The molecular weight excluding hydrogens is 455 g/mol. The van der Waals surface area contributed by atoms with Crippen molar-refractivity contribution in [3.05, 3.63) is 0 Å². The normalized spacial score (nSPS) is 9.79. The molecule has 108 valence electrons. The first-order valence-electron chi connectivity index (χ1n) is 5.48. The van der Waals surface area contributed by atoms with Crippen molar-refractivity contribution in [1.29, 1.82) is 0 Å². The molecule has 0 aliphatic rings. The fraction of sp³-hybridized carbons (Fsp3) is 0.800. The molecule has 8 nitrogen and oxygen atoms in total. The maximum atomic E-state index is 11.1. The van der Waals surface area contributed by atoms with Crippen molar-refractivity contribution in [3.63, 3.8) is 0 Å². The quantitative estimate of drug-likeness (QED) is 0.262. The third-order valence-corrected chi connectivity index (χ3v) is 4.03. The third-order valence-electron chi connectivity index (χ3n) is 1.61. The average Bonchev–Trinajstić information content (AvgIpc) is 2.40. The number of methoxy groups -OCH3 is 2. The monoisotopic (exact) mass is 474 g/mol. The zero-order chi connectivity index (χ0) is 14.3. The predicted molar refractivity (Wildman–Crippen MR) is 63.3 cm³/mol. The van der Waals surface area contributed by atoms with Crippen molar-refractivity contribution in [2.75, 3.05) is 53.9 Å². The van der Waals surface area contributed by atoms with Crippen LogP contribution in [0.2, 0.25) is 0 Å². The zero-order valence-corrected chi connectivity index (χ0v) is 14.9. The molecule has 0 radical (unpaired) electrons. The Morgan fingerprint density at radius 1 is 0.789 bits per heavy atom. The van der Waals surface area contributed by atoms with Crippen LogP contribution in [-0.2, 0) is 33.9 Å². The summed E-state index contributed by atoms with van der Waals surface area (Å²) in [5.41, 5.74) is 0. The minimum atomic E-state index is -2.17. The Morgan fingerprint density at radius 3 is 1.58 bits per heavy atom. The molecule has 0 aromatic carbocycles. The zero-order valence-electron chi connectivity index (χ0n) is 11.0. The molecule has 19 heavy (non-hydrogen) atoms. The van der Waals surface area contributed by atoms with Gasteiger partial charge in [0.1, 0.15) is 0 Å². The van der Waals surface area contributed by atoms with E-state index >= 15 is 0 Å². The molecule has 0 unspecified atom stereocenters. The number of rotatable bonds is 12. The van der Waals surface area contributed by atoms with Crippen molar-refractivity contribution in [2.45, 2.75) is 0 Å². The minimum absolute atomic E-state index is 0.168. The number of carbonyl (C=O) groups excluding carboxylic acids is 2. The van der Waals surface area contributed by atoms with E-state index in [-0.39, 0.29) is 13.2 Å². The van der Waals surface area contributed by atoms with E-state index < -0.39 is 37.1 Å². The molecule has 0 atom stereocenters. The third kappa shape index (κ3) is 13.9. The molecule has 0 saturated heterocycles. The Kier molecular flexibility index (Phi) is 13.9. The molecule has 9 heteroatoms. The van der Waals surface area contributed by atoms with E-state index in [0.29, 0.717) is 26.4 Å². The predicted octanol–water partition coefficient (Wildman–Crippen LogP) is -1.07. The van der Waals surface area contributed by atoms with Crippen molar-refractivity contribution in [1.82, 2.24) is 0 Å². The van der Waals surface area contributed by atoms with Gasteiger partial charge in [0.05, 0.1) is 0 Å². The fourth-order valence-corrected chi connectivity index (χ4v) is 2.11. The summed E-state index contributed by atoms with van der Waals surface area (Å²) in [5, 5.41) is 0. The molecule has 0 aromatic heterocycles. The van der Waals surface area contributed by atoms with E-state index in [0.717, 1.165) is 0 Å². The van der Waals surface area contributed by atoms with Crippen LogP contribution in [-0.4, -0.2) is 90.9 Å². The van der Waals surface area contributed by atoms with Gasteiger partial charge in [-0.2, -0.15) is 0 Å². The maximum absolute atomic E-state index is 11.1. The van der Waals surface area contributed by atoms with Gasteiger partial charge >= 0.3 is 125 Å². The summed E-state index contributed by atoms with van der Waals surface area (Å²) in [4.78, 5) is 22.2. The Balaban J connectivity index is 3.35. The van der Waals surface area contributed by atoms with Gasteiger partial charge in [0, 0.05) is 0 Å². The van der Waals surface area contributed by atoms with Crippen LogP contribution in [0.15, 0.2) is 0 Å². The topological polar surface area (TPSA) is 89.5 Å². The van der Waals surface area contributed by atoms with Crippen LogP contribution in [0.1, 0.15) is 0 Å².